The first-order valence-corrected chi connectivity index (χ1v) is 7.34. The average molecular weight is 266 g/mol. The van der Waals surface area contributed by atoms with Crippen molar-refractivity contribution < 1.29 is 4.79 Å². The van der Waals surface area contributed by atoms with Crippen molar-refractivity contribution in [3.63, 3.8) is 0 Å². The molecule has 0 bridgehead atoms. The number of benzene rings is 2. The van der Waals surface area contributed by atoms with Gasteiger partial charge in [-0.15, -0.1) is 0 Å². The molecule has 104 valence electrons. The van der Waals surface area contributed by atoms with Crippen molar-refractivity contribution in [2.45, 2.75) is 39.0 Å². The molecule has 0 aliphatic carbocycles. The van der Waals surface area contributed by atoms with E-state index in [0.717, 1.165) is 18.4 Å². The Balaban J connectivity index is 1.90. The number of carbonyl (C=O) groups excluding carboxylic acids is 1. The maximum absolute atomic E-state index is 12.2. The number of aryl methyl sites for hydroxylation is 1. The smallest absolute Gasteiger partial charge is 0.162 e. The summed E-state index contributed by atoms with van der Waals surface area (Å²) in [6, 6.07) is 18.4. The standard InChI is InChI=1S/C19H22O/c1-15(2)17-11-7-12-18(14-17)19(20)13-6-10-16-8-4-3-5-9-16/h3-5,7-9,11-12,14-15H,6,10,13H2,1-2H3. The Morgan fingerprint density at radius 3 is 2.45 bits per heavy atom. The third-order valence-corrected chi connectivity index (χ3v) is 3.59. The zero-order valence-corrected chi connectivity index (χ0v) is 12.3. The Bertz CT molecular complexity index is 555. The quantitative estimate of drug-likeness (QED) is 0.671. The third-order valence-electron chi connectivity index (χ3n) is 3.59. The van der Waals surface area contributed by atoms with Gasteiger partial charge in [0.2, 0.25) is 0 Å². The molecule has 0 radical (unpaired) electrons. The molecule has 0 saturated carbocycles. The van der Waals surface area contributed by atoms with Gasteiger partial charge in [-0.3, -0.25) is 4.79 Å². The Morgan fingerprint density at radius 1 is 1.00 bits per heavy atom. The van der Waals surface area contributed by atoms with Crippen LogP contribution in [0.1, 0.15) is 54.1 Å². The molecule has 1 nitrogen and oxygen atoms in total. The summed E-state index contributed by atoms with van der Waals surface area (Å²) in [6.45, 7) is 4.30. The number of Topliss-reactive ketones (excluding diaryl/α,β-unsaturated/α-hetero) is 1. The van der Waals surface area contributed by atoms with Gasteiger partial charge in [-0.25, -0.2) is 0 Å². The van der Waals surface area contributed by atoms with Crippen LogP contribution in [0.5, 0.6) is 0 Å². The normalized spacial score (nSPS) is 10.8. The van der Waals surface area contributed by atoms with Gasteiger partial charge >= 0.3 is 0 Å². The van der Waals surface area contributed by atoms with E-state index >= 15 is 0 Å². The fraction of sp³-hybridized carbons (Fsp3) is 0.316. The molecule has 0 heterocycles. The highest BCUT2D eigenvalue weighted by molar-refractivity contribution is 5.96. The fourth-order valence-electron chi connectivity index (χ4n) is 2.31. The van der Waals surface area contributed by atoms with Gasteiger partial charge in [0.05, 0.1) is 0 Å². The Morgan fingerprint density at radius 2 is 1.75 bits per heavy atom. The summed E-state index contributed by atoms with van der Waals surface area (Å²) in [5.41, 5.74) is 3.39. The van der Waals surface area contributed by atoms with E-state index in [2.05, 4.69) is 32.0 Å². The van der Waals surface area contributed by atoms with Crippen LogP contribution in [0.25, 0.3) is 0 Å². The maximum Gasteiger partial charge on any atom is 0.162 e. The van der Waals surface area contributed by atoms with Gasteiger partial charge < -0.3 is 0 Å². The second-order valence-electron chi connectivity index (χ2n) is 5.54. The summed E-state index contributed by atoms with van der Waals surface area (Å²) in [6.07, 6.45) is 2.50. The van der Waals surface area contributed by atoms with Gasteiger partial charge in [-0.05, 0) is 36.0 Å². The van der Waals surface area contributed by atoms with Crippen molar-refractivity contribution in [3.8, 4) is 0 Å². The fourth-order valence-corrected chi connectivity index (χ4v) is 2.31. The van der Waals surface area contributed by atoms with Crippen LogP contribution in [0, 0.1) is 0 Å². The largest absolute Gasteiger partial charge is 0.294 e. The van der Waals surface area contributed by atoms with Gasteiger partial charge in [0, 0.05) is 12.0 Å². The van der Waals surface area contributed by atoms with Crippen LogP contribution in [0.2, 0.25) is 0 Å². The molecule has 2 aromatic carbocycles. The lowest BCUT2D eigenvalue weighted by Crippen LogP contribution is -2.01. The zero-order valence-electron chi connectivity index (χ0n) is 12.3. The van der Waals surface area contributed by atoms with Gasteiger partial charge in [0.25, 0.3) is 0 Å². The van der Waals surface area contributed by atoms with Gasteiger partial charge in [-0.2, -0.15) is 0 Å². The number of ketones is 1. The molecular weight excluding hydrogens is 244 g/mol. The molecule has 0 amide bonds. The molecule has 0 saturated heterocycles. The Hall–Kier alpha value is -1.89. The van der Waals surface area contributed by atoms with E-state index in [1.54, 1.807) is 0 Å². The van der Waals surface area contributed by atoms with E-state index in [4.69, 9.17) is 0 Å². The highest BCUT2D eigenvalue weighted by Crippen LogP contribution is 2.17. The SMILES string of the molecule is CC(C)c1cccc(C(=O)CCCc2ccccc2)c1. The van der Waals surface area contributed by atoms with Crippen LogP contribution in [-0.4, -0.2) is 5.78 Å². The minimum atomic E-state index is 0.253. The second kappa shape index (κ2) is 7.04. The molecule has 0 aliphatic rings. The van der Waals surface area contributed by atoms with Gasteiger partial charge in [0.15, 0.2) is 5.78 Å². The van der Waals surface area contributed by atoms with E-state index in [0.29, 0.717) is 12.3 Å². The molecule has 0 spiro atoms. The van der Waals surface area contributed by atoms with Crippen molar-refractivity contribution >= 4 is 5.78 Å². The zero-order chi connectivity index (χ0) is 14.4. The van der Waals surface area contributed by atoms with Crippen molar-refractivity contribution in [3.05, 3.63) is 71.3 Å². The molecule has 0 atom stereocenters. The Labute approximate surface area is 121 Å². The molecule has 1 heteroatoms. The Kier molecular flexibility index (Phi) is 5.11. The highest BCUT2D eigenvalue weighted by atomic mass is 16.1. The van der Waals surface area contributed by atoms with Crippen LogP contribution in [0.4, 0.5) is 0 Å². The minimum Gasteiger partial charge on any atom is -0.294 e. The van der Waals surface area contributed by atoms with Crippen LogP contribution in [0.3, 0.4) is 0 Å². The lowest BCUT2D eigenvalue weighted by atomic mass is 9.97. The van der Waals surface area contributed by atoms with Crippen molar-refractivity contribution in [2.75, 3.05) is 0 Å². The van der Waals surface area contributed by atoms with Crippen LogP contribution in [0.15, 0.2) is 54.6 Å². The lowest BCUT2D eigenvalue weighted by molar-refractivity contribution is 0.0980. The number of carbonyl (C=O) groups is 1. The third kappa shape index (κ3) is 4.06. The first kappa shape index (κ1) is 14.5. The highest BCUT2D eigenvalue weighted by Gasteiger charge is 2.07. The molecule has 20 heavy (non-hydrogen) atoms. The minimum absolute atomic E-state index is 0.253. The predicted molar refractivity (Wildman–Crippen MR) is 84.2 cm³/mol. The number of rotatable bonds is 6. The predicted octanol–water partition coefficient (Wildman–Crippen LogP) is 5.02. The van der Waals surface area contributed by atoms with Gasteiger partial charge in [0.1, 0.15) is 0 Å². The van der Waals surface area contributed by atoms with Crippen molar-refractivity contribution in [1.29, 1.82) is 0 Å². The molecule has 0 N–H and O–H groups in total. The molecule has 2 rings (SSSR count). The summed E-state index contributed by atoms with van der Waals surface area (Å²) < 4.78 is 0. The molecular formula is C19H22O. The first-order valence-electron chi connectivity index (χ1n) is 7.34. The van der Waals surface area contributed by atoms with E-state index in [9.17, 15) is 4.79 Å². The van der Waals surface area contributed by atoms with E-state index < -0.39 is 0 Å². The summed E-state index contributed by atoms with van der Waals surface area (Å²) in [4.78, 5) is 12.2. The number of hydrogen-bond donors (Lipinski definition) is 0. The first-order chi connectivity index (χ1) is 9.66. The maximum atomic E-state index is 12.2. The summed E-state index contributed by atoms with van der Waals surface area (Å²) in [5.74, 6) is 0.718. The monoisotopic (exact) mass is 266 g/mol. The van der Waals surface area contributed by atoms with Gasteiger partial charge in [-0.1, -0.05) is 62.4 Å². The summed E-state index contributed by atoms with van der Waals surface area (Å²) in [7, 11) is 0. The van der Waals surface area contributed by atoms with Crippen LogP contribution < -0.4 is 0 Å². The number of hydrogen-bond acceptors (Lipinski definition) is 1. The molecule has 0 aromatic heterocycles. The lowest BCUT2D eigenvalue weighted by Gasteiger charge is -2.07. The second-order valence-corrected chi connectivity index (χ2v) is 5.54. The van der Waals surface area contributed by atoms with E-state index in [1.807, 2.05) is 36.4 Å². The molecule has 0 fully saturated rings. The summed E-state index contributed by atoms with van der Waals surface area (Å²) in [5, 5.41) is 0. The summed E-state index contributed by atoms with van der Waals surface area (Å²) >= 11 is 0. The van der Waals surface area contributed by atoms with E-state index in [1.165, 1.54) is 11.1 Å². The van der Waals surface area contributed by atoms with Crippen molar-refractivity contribution in [1.82, 2.24) is 0 Å². The van der Waals surface area contributed by atoms with Crippen LogP contribution >= 0.6 is 0 Å². The van der Waals surface area contributed by atoms with Crippen molar-refractivity contribution in [2.24, 2.45) is 0 Å². The molecule has 0 unspecified atom stereocenters. The molecule has 2 aromatic rings. The van der Waals surface area contributed by atoms with Crippen LogP contribution in [-0.2, 0) is 6.42 Å². The topological polar surface area (TPSA) is 17.1 Å². The average Bonchev–Trinajstić information content (AvgIpc) is 2.48. The molecule has 0 aliphatic heterocycles. The van der Waals surface area contributed by atoms with E-state index in [-0.39, 0.29) is 5.78 Å².